The number of nitrogens with two attached hydrogens (primary N) is 4. The minimum absolute atomic E-state index is 0.0959. The van der Waals surface area contributed by atoms with Crippen LogP contribution >= 0.6 is 11.6 Å². The molecule has 0 saturated carbocycles. The van der Waals surface area contributed by atoms with E-state index in [4.69, 9.17) is 44.7 Å². The van der Waals surface area contributed by atoms with Gasteiger partial charge in [0.1, 0.15) is 36.6 Å². The van der Waals surface area contributed by atoms with Crippen molar-refractivity contribution in [1.29, 1.82) is 0 Å². The monoisotopic (exact) mass is 854 g/mol. The topological polar surface area (TPSA) is 406 Å². The molecular formula is C36H55ClN10O12. The van der Waals surface area contributed by atoms with E-state index in [1.807, 2.05) is 36.4 Å². The number of benzene rings is 2. The number of rotatable bonds is 24. The number of nitrogens with zero attached hydrogens (tertiary/aromatic N) is 4. The summed E-state index contributed by atoms with van der Waals surface area (Å²) in [5.41, 5.74) is 24.3. The van der Waals surface area contributed by atoms with Crippen molar-refractivity contribution in [3.05, 3.63) is 58.4 Å². The second kappa shape index (κ2) is 23.4. The molecule has 1 heterocycles. The SMILES string of the molecule is NC(=O)[C@H](Cc1ccc2cc(CCCCN=C(N)NC(=O)c3nc(Cl)c(N)nc3N)ccc2c1)NCN(C[C@H](O)[C@@H](O)[C@H](O)[C@H](O)CO)C[C@H](O)[C@@H](O)[C@H](O)[C@H](O)CO. The average Bonchev–Trinajstić information content (AvgIpc) is 3.21. The summed E-state index contributed by atoms with van der Waals surface area (Å²) in [6, 6.07) is 10.5. The molecule has 0 aliphatic carbocycles. The van der Waals surface area contributed by atoms with Gasteiger partial charge in [0.2, 0.25) is 5.91 Å². The molecule has 0 radical (unpaired) electrons. The van der Waals surface area contributed by atoms with Crippen molar-refractivity contribution < 1.29 is 60.7 Å². The third-order valence-electron chi connectivity index (χ3n) is 9.37. The molecule has 0 bridgehead atoms. The zero-order valence-electron chi connectivity index (χ0n) is 32.0. The molecule has 1 aromatic heterocycles. The minimum Gasteiger partial charge on any atom is -0.394 e. The van der Waals surface area contributed by atoms with Crippen LogP contribution in [0.25, 0.3) is 10.8 Å². The maximum absolute atomic E-state index is 12.5. The van der Waals surface area contributed by atoms with Crippen LogP contribution in [0.15, 0.2) is 41.4 Å². The molecule has 328 valence electrons. The number of guanidine groups is 1. The molecule has 59 heavy (non-hydrogen) atoms. The first-order valence-corrected chi connectivity index (χ1v) is 18.9. The summed E-state index contributed by atoms with van der Waals surface area (Å²) in [6.45, 7) is -2.90. The van der Waals surface area contributed by atoms with Crippen molar-refractivity contribution in [2.45, 2.75) is 80.6 Å². The molecular weight excluding hydrogens is 800 g/mol. The van der Waals surface area contributed by atoms with Crippen LogP contribution in [-0.4, -0.2) is 178 Å². The smallest absolute Gasteiger partial charge is 0.280 e. The summed E-state index contributed by atoms with van der Waals surface area (Å²) in [6.07, 6.45) is -12.8. The number of aliphatic imine (C=N–C) groups is 1. The molecule has 0 fully saturated rings. The standard InChI is InChI=1S/C36H55ClN10O12/c37-31-33(39)45-32(38)26(44-31)35(59)46-36(41)42-8-2-1-3-17-4-6-20-10-18(5-7-19(20)9-17)11-21(34(40)58)43-16-47(12-22(50)27(54)29(56)24(52)14-48)13-23(51)28(55)30(57)25(53)15-49/h4-7,9-10,21-25,27-30,43,48-57H,1-3,8,11-16H2,(H2,40,58)(H4,38,39,45)(H3,41,42,46,59)/t21-,22-,23-,24+,25+,27+,28+,29+,30+/m0/s1. The zero-order valence-corrected chi connectivity index (χ0v) is 32.8. The lowest BCUT2D eigenvalue weighted by molar-refractivity contribution is -0.131. The van der Waals surface area contributed by atoms with E-state index in [0.29, 0.717) is 13.0 Å². The van der Waals surface area contributed by atoms with E-state index in [0.717, 1.165) is 34.7 Å². The normalized spacial score (nSPS) is 16.8. The number of aliphatic hydroxyl groups excluding tert-OH is 10. The van der Waals surface area contributed by atoms with Gasteiger partial charge < -0.3 is 74.0 Å². The van der Waals surface area contributed by atoms with Gasteiger partial charge in [0.15, 0.2) is 28.4 Å². The lowest BCUT2D eigenvalue weighted by Gasteiger charge is -2.34. The number of halogens is 1. The molecule has 3 aromatic rings. The van der Waals surface area contributed by atoms with Crippen LogP contribution in [0, 0.1) is 0 Å². The zero-order chi connectivity index (χ0) is 44.0. The lowest BCUT2D eigenvalue weighted by atomic mass is 9.98. The molecule has 0 unspecified atom stereocenters. The van der Waals surface area contributed by atoms with Crippen molar-refractivity contribution in [2.75, 3.05) is 51.0 Å². The van der Waals surface area contributed by atoms with Crippen LogP contribution in [-0.2, 0) is 17.6 Å². The first-order chi connectivity index (χ1) is 27.9. The van der Waals surface area contributed by atoms with Crippen LogP contribution in [0.2, 0.25) is 5.15 Å². The fourth-order valence-electron chi connectivity index (χ4n) is 5.91. The largest absolute Gasteiger partial charge is 0.394 e. The summed E-state index contributed by atoms with van der Waals surface area (Å²) < 4.78 is 0. The second-order valence-corrected chi connectivity index (χ2v) is 14.3. The third kappa shape index (κ3) is 14.7. The van der Waals surface area contributed by atoms with E-state index in [1.165, 1.54) is 4.90 Å². The highest BCUT2D eigenvalue weighted by Crippen LogP contribution is 2.21. The summed E-state index contributed by atoms with van der Waals surface area (Å²) in [7, 11) is 0. The molecule has 0 saturated heterocycles. The van der Waals surface area contributed by atoms with Gasteiger partial charge in [-0.15, -0.1) is 0 Å². The number of fused-ring (bicyclic) bond motifs is 1. The van der Waals surface area contributed by atoms with Crippen molar-refractivity contribution in [3.63, 3.8) is 0 Å². The average molecular weight is 855 g/mol. The van der Waals surface area contributed by atoms with Crippen molar-refractivity contribution in [1.82, 2.24) is 25.5 Å². The molecule has 20 N–H and O–H groups in total. The summed E-state index contributed by atoms with van der Waals surface area (Å²) in [5, 5.41) is 107. The van der Waals surface area contributed by atoms with Gasteiger partial charge in [-0.05, 0) is 47.6 Å². The van der Waals surface area contributed by atoms with Crippen LogP contribution < -0.4 is 33.6 Å². The number of nitrogen functional groups attached to an aromatic ring is 2. The highest BCUT2D eigenvalue weighted by Gasteiger charge is 2.34. The van der Waals surface area contributed by atoms with Gasteiger partial charge in [-0.1, -0.05) is 48.0 Å². The Labute approximate surface area is 343 Å². The van der Waals surface area contributed by atoms with Crippen LogP contribution in [0.5, 0.6) is 0 Å². The number of hydrogen-bond donors (Lipinski definition) is 16. The summed E-state index contributed by atoms with van der Waals surface area (Å²) in [5.74, 6) is -1.95. The van der Waals surface area contributed by atoms with Gasteiger partial charge in [-0.3, -0.25) is 30.1 Å². The van der Waals surface area contributed by atoms with E-state index >= 15 is 0 Å². The highest BCUT2D eigenvalue weighted by atomic mass is 35.5. The Balaban J connectivity index is 1.61. The lowest BCUT2D eigenvalue weighted by Crippen LogP contribution is -2.56. The number of amides is 2. The minimum atomic E-state index is -1.98. The Morgan fingerprint density at radius 2 is 1.27 bits per heavy atom. The van der Waals surface area contributed by atoms with E-state index in [2.05, 4.69) is 25.6 Å². The molecule has 2 aromatic carbocycles. The fourth-order valence-corrected chi connectivity index (χ4v) is 6.04. The number of anilines is 2. The van der Waals surface area contributed by atoms with E-state index in [9.17, 15) is 50.4 Å². The summed E-state index contributed by atoms with van der Waals surface area (Å²) >= 11 is 5.82. The van der Waals surface area contributed by atoms with Crippen LogP contribution in [0.1, 0.15) is 34.5 Å². The number of aryl methyl sites for hydroxylation is 1. The number of aromatic nitrogens is 2. The number of carbonyl (C=O) groups is 2. The van der Waals surface area contributed by atoms with Gasteiger partial charge in [0, 0.05) is 26.3 Å². The number of unbranched alkanes of at least 4 members (excludes halogenated alkanes) is 1. The number of aliphatic hydroxyl groups is 10. The Kier molecular flexibility index (Phi) is 19.4. The first-order valence-electron chi connectivity index (χ1n) is 18.5. The molecule has 23 heteroatoms. The van der Waals surface area contributed by atoms with E-state index in [-0.39, 0.29) is 41.5 Å². The van der Waals surface area contributed by atoms with E-state index in [1.54, 1.807) is 0 Å². The van der Waals surface area contributed by atoms with E-state index < -0.39 is 93.0 Å². The van der Waals surface area contributed by atoms with Gasteiger partial charge in [-0.2, -0.15) is 0 Å². The Morgan fingerprint density at radius 1 is 0.746 bits per heavy atom. The predicted octanol–water partition coefficient (Wildman–Crippen LogP) is -5.37. The van der Waals surface area contributed by atoms with Crippen LogP contribution in [0.3, 0.4) is 0 Å². The van der Waals surface area contributed by atoms with Gasteiger partial charge in [0.05, 0.1) is 31.5 Å². The van der Waals surface area contributed by atoms with Crippen LogP contribution in [0.4, 0.5) is 11.6 Å². The maximum Gasteiger partial charge on any atom is 0.280 e. The number of carbonyl (C=O) groups excluding carboxylic acids is 2. The van der Waals surface area contributed by atoms with Gasteiger partial charge in [-0.25, -0.2) is 9.97 Å². The number of primary amides is 1. The maximum atomic E-state index is 12.5. The second-order valence-electron chi connectivity index (χ2n) is 14.0. The quantitative estimate of drug-likeness (QED) is 0.0173. The van der Waals surface area contributed by atoms with Gasteiger partial charge >= 0.3 is 0 Å². The molecule has 0 spiro atoms. The van der Waals surface area contributed by atoms with Gasteiger partial charge in [0.25, 0.3) is 5.91 Å². The summed E-state index contributed by atoms with van der Waals surface area (Å²) in [4.78, 5) is 37.9. The molecule has 9 atom stereocenters. The Morgan fingerprint density at radius 3 is 1.81 bits per heavy atom. The molecule has 0 aliphatic rings. The first kappa shape index (κ1) is 49.0. The Hall–Kier alpha value is -4.40. The predicted molar refractivity (Wildman–Crippen MR) is 215 cm³/mol. The molecule has 0 aliphatic heterocycles. The van der Waals surface area contributed by atoms with Crippen molar-refractivity contribution >= 4 is 51.8 Å². The Bertz CT molecular complexity index is 1840. The van der Waals surface area contributed by atoms with Crippen molar-refractivity contribution in [2.24, 2.45) is 16.5 Å². The molecule has 3 rings (SSSR count). The number of nitrogens with one attached hydrogen (secondary N) is 2. The highest BCUT2D eigenvalue weighted by molar-refractivity contribution is 6.31. The number of hydrogen-bond acceptors (Lipinski definition) is 19. The third-order valence-corrected chi connectivity index (χ3v) is 9.65. The molecule has 22 nitrogen and oxygen atoms in total. The van der Waals surface area contributed by atoms with Crippen molar-refractivity contribution in [3.8, 4) is 0 Å². The molecule has 2 amide bonds. The fraction of sp³-hybridized carbons (Fsp3) is 0.528.